The first-order valence-corrected chi connectivity index (χ1v) is 4.01. The SMILES string of the molecule is COc1ncc(C(F)F)c(C(=O)O)c1C#N. The van der Waals surface area contributed by atoms with E-state index in [-0.39, 0.29) is 5.88 Å². The normalized spacial score (nSPS) is 9.94. The summed E-state index contributed by atoms with van der Waals surface area (Å²) in [4.78, 5) is 14.3. The number of halogens is 2. The van der Waals surface area contributed by atoms with Gasteiger partial charge in [-0.1, -0.05) is 0 Å². The number of rotatable bonds is 3. The molecule has 0 saturated heterocycles. The lowest BCUT2D eigenvalue weighted by atomic mass is 10.1. The minimum Gasteiger partial charge on any atom is -0.480 e. The molecule has 0 aromatic carbocycles. The third-order valence-electron chi connectivity index (χ3n) is 1.83. The summed E-state index contributed by atoms with van der Waals surface area (Å²) in [5, 5.41) is 17.5. The van der Waals surface area contributed by atoms with Crippen LogP contribution in [0, 0.1) is 11.3 Å². The maximum atomic E-state index is 12.5. The van der Waals surface area contributed by atoms with Gasteiger partial charge in [0.15, 0.2) is 0 Å². The van der Waals surface area contributed by atoms with E-state index in [9.17, 15) is 13.6 Å². The largest absolute Gasteiger partial charge is 0.480 e. The molecule has 0 saturated carbocycles. The van der Waals surface area contributed by atoms with Gasteiger partial charge in [-0.15, -0.1) is 0 Å². The van der Waals surface area contributed by atoms with E-state index in [1.54, 1.807) is 0 Å². The van der Waals surface area contributed by atoms with E-state index in [2.05, 4.69) is 9.72 Å². The smallest absolute Gasteiger partial charge is 0.337 e. The number of hydrogen-bond acceptors (Lipinski definition) is 4. The van der Waals surface area contributed by atoms with Gasteiger partial charge in [0.05, 0.1) is 18.2 Å². The quantitative estimate of drug-likeness (QED) is 0.849. The second-order valence-electron chi connectivity index (χ2n) is 2.69. The lowest BCUT2D eigenvalue weighted by molar-refractivity contribution is 0.0683. The predicted octanol–water partition coefficient (Wildman–Crippen LogP) is 1.60. The molecule has 0 unspecified atom stereocenters. The van der Waals surface area contributed by atoms with Crippen molar-refractivity contribution in [2.24, 2.45) is 0 Å². The van der Waals surface area contributed by atoms with Gasteiger partial charge in [-0.3, -0.25) is 0 Å². The van der Waals surface area contributed by atoms with Crippen LogP contribution >= 0.6 is 0 Å². The standard InChI is InChI=1S/C9H6F2N2O3/c1-16-8-4(2-12)6(9(14)15)5(3-13-8)7(10)11/h3,7H,1H3,(H,14,15). The molecule has 0 aliphatic heterocycles. The third-order valence-corrected chi connectivity index (χ3v) is 1.83. The average molecular weight is 228 g/mol. The molecule has 16 heavy (non-hydrogen) atoms. The molecular formula is C9H6F2N2O3. The highest BCUT2D eigenvalue weighted by Gasteiger charge is 2.25. The zero-order valence-electron chi connectivity index (χ0n) is 8.07. The zero-order chi connectivity index (χ0) is 12.3. The van der Waals surface area contributed by atoms with Crippen LogP contribution in [0.15, 0.2) is 6.20 Å². The highest BCUT2D eigenvalue weighted by molar-refractivity contribution is 5.93. The number of aromatic carboxylic acids is 1. The van der Waals surface area contributed by atoms with E-state index in [4.69, 9.17) is 10.4 Å². The van der Waals surface area contributed by atoms with Crippen LogP contribution in [0.5, 0.6) is 5.88 Å². The molecule has 0 amide bonds. The third kappa shape index (κ3) is 1.91. The van der Waals surface area contributed by atoms with Crippen molar-refractivity contribution in [1.82, 2.24) is 4.98 Å². The van der Waals surface area contributed by atoms with E-state index in [1.807, 2.05) is 0 Å². The fourth-order valence-electron chi connectivity index (χ4n) is 1.16. The van der Waals surface area contributed by atoms with Gasteiger partial charge in [-0.05, 0) is 0 Å². The number of ether oxygens (including phenoxy) is 1. The first-order valence-electron chi connectivity index (χ1n) is 4.01. The lowest BCUT2D eigenvalue weighted by Gasteiger charge is -2.08. The number of carbonyl (C=O) groups is 1. The fourth-order valence-corrected chi connectivity index (χ4v) is 1.16. The number of methoxy groups -OCH3 is 1. The lowest BCUT2D eigenvalue weighted by Crippen LogP contribution is -2.09. The Hall–Kier alpha value is -2.23. The second-order valence-corrected chi connectivity index (χ2v) is 2.69. The number of nitrogens with zero attached hydrogens (tertiary/aromatic N) is 2. The molecule has 1 aromatic heterocycles. The number of carboxylic acids is 1. The van der Waals surface area contributed by atoms with Crippen molar-refractivity contribution in [3.8, 4) is 11.9 Å². The van der Waals surface area contributed by atoms with Crippen LogP contribution in [0.4, 0.5) is 8.78 Å². The Morgan fingerprint density at radius 1 is 1.69 bits per heavy atom. The van der Waals surface area contributed by atoms with Crippen molar-refractivity contribution in [1.29, 1.82) is 5.26 Å². The van der Waals surface area contributed by atoms with Crippen LogP contribution in [0.3, 0.4) is 0 Å². The Morgan fingerprint density at radius 2 is 2.31 bits per heavy atom. The molecule has 7 heteroatoms. The van der Waals surface area contributed by atoms with Crippen LogP contribution in [-0.2, 0) is 0 Å². The molecule has 1 heterocycles. The minimum atomic E-state index is -3.02. The molecule has 0 fully saturated rings. The number of alkyl halides is 2. The van der Waals surface area contributed by atoms with E-state index < -0.39 is 29.1 Å². The number of carboxylic acid groups (broad SMARTS) is 1. The minimum absolute atomic E-state index is 0.288. The van der Waals surface area contributed by atoms with Gasteiger partial charge in [0.2, 0.25) is 5.88 Å². The second kappa shape index (κ2) is 4.53. The molecule has 1 aromatic rings. The summed E-state index contributed by atoms with van der Waals surface area (Å²) in [5.41, 5.74) is -2.08. The first kappa shape index (κ1) is 11.8. The molecule has 0 atom stereocenters. The summed E-state index contributed by atoms with van der Waals surface area (Å²) < 4.78 is 29.6. The molecule has 0 bridgehead atoms. The van der Waals surface area contributed by atoms with Gasteiger partial charge in [-0.25, -0.2) is 18.6 Å². The first-order chi connectivity index (χ1) is 7.52. The maximum absolute atomic E-state index is 12.5. The van der Waals surface area contributed by atoms with Gasteiger partial charge in [0, 0.05) is 6.20 Å². The van der Waals surface area contributed by atoms with Gasteiger partial charge in [0.25, 0.3) is 6.43 Å². The van der Waals surface area contributed by atoms with Crippen molar-refractivity contribution in [2.45, 2.75) is 6.43 Å². The molecule has 0 aliphatic rings. The Labute approximate surface area is 88.9 Å². The van der Waals surface area contributed by atoms with Crippen LogP contribution in [0.2, 0.25) is 0 Å². The Bertz CT molecular complexity index is 469. The summed E-state index contributed by atoms with van der Waals surface area (Å²) >= 11 is 0. The van der Waals surface area contributed by atoms with Crippen molar-refractivity contribution >= 4 is 5.97 Å². The van der Waals surface area contributed by atoms with Gasteiger partial charge >= 0.3 is 5.97 Å². The van der Waals surface area contributed by atoms with Crippen LogP contribution in [-0.4, -0.2) is 23.2 Å². The fraction of sp³-hybridized carbons (Fsp3) is 0.222. The summed E-state index contributed by atoms with van der Waals surface area (Å²) in [6.45, 7) is 0. The summed E-state index contributed by atoms with van der Waals surface area (Å²) in [5.74, 6) is -1.91. The van der Waals surface area contributed by atoms with Crippen LogP contribution in [0.1, 0.15) is 27.9 Å². The molecule has 84 valence electrons. The maximum Gasteiger partial charge on any atom is 0.337 e. The predicted molar refractivity (Wildman–Crippen MR) is 47.4 cm³/mol. The number of hydrogen-bond donors (Lipinski definition) is 1. The van der Waals surface area contributed by atoms with Crippen molar-refractivity contribution < 1.29 is 23.4 Å². The number of nitriles is 1. The van der Waals surface area contributed by atoms with E-state index in [1.165, 1.54) is 6.07 Å². The average Bonchev–Trinajstić information content (AvgIpc) is 2.26. The molecule has 0 aliphatic carbocycles. The molecule has 0 radical (unpaired) electrons. The Balaban J connectivity index is 3.59. The molecule has 0 spiro atoms. The Morgan fingerprint density at radius 3 is 2.69 bits per heavy atom. The van der Waals surface area contributed by atoms with Crippen LogP contribution in [0.25, 0.3) is 0 Å². The summed E-state index contributed by atoms with van der Waals surface area (Å²) in [7, 11) is 1.16. The van der Waals surface area contributed by atoms with E-state index in [0.717, 1.165) is 7.11 Å². The van der Waals surface area contributed by atoms with E-state index in [0.29, 0.717) is 6.20 Å². The van der Waals surface area contributed by atoms with Crippen molar-refractivity contribution in [2.75, 3.05) is 7.11 Å². The molecule has 5 nitrogen and oxygen atoms in total. The molecular weight excluding hydrogens is 222 g/mol. The highest BCUT2D eigenvalue weighted by atomic mass is 19.3. The molecule has 1 N–H and O–H groups in total. The van der Waals surface area contributed by atoms with Gasteiger partial charge in [-0.2, -0.15) is 5.26 Å². The topological polar surface area (TPSA) is 83.2 Å². The number of pyridine rings is 1. The summed E-state index contributed by atoms with van der Waals surface area (Å²) in [6, 6.07) is 1.49. The highest BCUT2D eigenvalue weighted by Crippen LogP contribution is 2.28. The molecule has 1 rings (SSSR count). The monoisotopic (exact) mass is 228 g/mol. The van der Waals surface area contributed by atoms with Gasteiger partial charge in [0.1, 0.15) is 11.6 Å². The summed E-state index contributed by atoms with van der Waals surface area (Å²) in [6.07, 6.45) is -2.33. The Kier molecular flexibility index (Phi) is 3.35. The number of aromatic nitrogens is 1. The van der Waals surface area contributed by atoms with Gasteiger partial charge < -0.3 is 9.84 Å². The van der Waals surface area contributed by atoms with Crippen LogP contribution < -0.4 is 4.74 Å². The van der Waals surface area contributed by atoms with Crippen molar-refractivity contribution in [3.63, 3.8) is 0 Å². The van der Waals surface area contributed by atoms with Crippen molar-refractivity contribution in [3.05, 3.63) is 22.9 Å². The zero-order valence-corrected chi connectivity index (χ0v) is 8.07. The van der Waals surface area contributed by atoms with E-state index >= 15 is 0 Å².